The molecule has 2 aromatic rings. The molecule has 2 rings (SSSR count). The Morgan fingerprint density at radius 2 is 2.05 bits per heavy atom. The highest BCUT2D eigenvalue weighted by Gasteiger charge is 2.23. The van der Waals surface area contributed by atoms with Crippen molar-refractivity contribution in [3.63, 3.8) is 0 Å². The molecule has 0 radical (unpaired) electrons. The van der Waals surface area contributed by atoms with E-state index >= 15 is 0 Å². The number of hydrogen-bond acceptors (Lipinski definition) is 4. The number of anilines is 1. The molecule has 0 bridgehead atoms. The highest BCUT2D eigenvalue weighted by molar-refractivity contribution is 9.10. The minimum atomic E-state index is -0.0298. The first-order valence-corrected chi connectivity index (χ1v) is 7.96. The first-order chi connectivity index (χ1) is 8.93. The largest absolute Gasteiger partial charge is 0.369 e. The number of rotatable bonds is 3. The first-order valence-electron chi connectivity index (χ1n) is 6.29. The lowest BCUT2D eigenvalue weighted by atomic mass is 9.92. The van der Waals surface area contributed by atoms with Crippen LogP contribution in [0.5, 0.6) is 0 Å². The van der Waals surface area contributed by atoms with Crippen LogP contribution < -0.4 is 5.32 Å². The van der Waals surface area contributed by atoms with Crippen LogP contribution in [0.4, 0.5) is 5.82 Å². The molecule has 5 heteroatoms. The van der Waals surface area contributed by atoms with Crippen LogP contribution in [0.15, 0.2) is 22.0 Å². The molecule has 1 N–H and O–H groups in total. The van der Waals surface area contributed by atoms with Gasteiger partial charge in [-0.3, -0.25) is 0 Å². The van der Waals surface area contributed by atoms with Gasteiger partial charge in [-0.1, -0.05) is 26.8 Å². The zero-order chi connectivity index (χ0) is 14.0. The van der Waals surface area contributed by atoms with Crippen LogP contribution in [0.25, 0.3) is 10.7 Å². The maximum atomic E-state index is 4.74. The van der Waals surface area contributed by atoms with E-state index in [0.717, 1.165) is 33.2 Å². The average molecular weight is 340 g/mol. The summed E-state index contributed by atoms with van der Waals surface area (Å²) in [6.45, 7) is 9.38. The van der Waals surface area contributed by atoms with Crippen LogP contribution in [0.1, 0.15) is 33.4 Å². The van der Waals surface area contributed by atoms with Gasteiger partial charge in [-0.25, -0.2) is 9.97 Å². The quantitative estimate of drug-likeness (QED) is 0.880. The second kappa shape index (κ2) is 5.59. The molecule has 19 heavy (non-hydrogen) atoms. The molecule has 2 aromatic heterocycles. The van der Waals surface area contributed by atoms with E-state index in [9.17, 15) is 0 Å². The number of nitrogens with zero attached hydrogens (tertiary/aromatic N) is 2. The summed E-state index contributed by atoms with van der Waals surface area (Å²) in [7, 11) is 0. The van der Waals surface area contributed by atoms with Gasteiger partial charge in [0.15, 0.2) is 5.82 Å². The summed E-state index contributed by atoms with van der Waals surface area (Å²) < 4.78 is 0.960. The second-order valence-corrected chi connectivity index (χ2v) is 7.06. The third kappa shape index (κ3) is 3.15. The Hall–Kier alpha value is -0.940. The molecule has 0 saturated carbocycles. The van der Waals surface area contributed by atoms with Crippen molar-refractivity contribution < 1.29 is 0 Å². The first kappa shape index (κ1) is 14.5. The van der Waals surface area contributed by atoms with Crippen LogP contribution in [0.3, 0.4) is 0 Å². The van der Waals surface area contributed by atoms with E-state index in [2.05, 4.69) is 60.0 Å². The van der Waals surface area contributed by atoms with E-state index in [1.165, 1.54) is 0 Å². The van der Waals surface area contributed by atoms with E-state index in [-0.39, 0.29) is 5.41 Å². The Morgan fingerprint density at radius 1 is 1.32 bits per heavy atom. The van der Waals surface area contributed by atoms with Crippen LogP contribution in [-0.2, 0) is 5.41 Å². The maximum absolute atomic E-state index is 4.74. The summed E-state index contributed by atoms with van der Waals surface area (Å²) in [6, 6.07) is 4.07. The summed E-state index contributed by atoms with van der Waals surface area (Å²) >= 11 is 5.29. The Bertz CT molecular complexity index is 559. The van der Waals surface area contributed by atoms with Gasteiger partial charge < -0.3 is 5.32 Å². The highest BCUT2D eigenvalue weighted by atomic mass is 79.9. The summed E-state index contributed by atoms with van der Waals surface area (Å²) in [5.41, 5.74) is 1.000. The highest BCUT2D eigenvalue weighted by Crippen LogP contribution is 2.35. The summed E-state index contributed by atoms with van der Waals surface area (Å²) in [4.78, 5) is 10.5. The van der Waals surface area contributed by atoms with Gasteiger partial charge >= 0.3 is 0 Å². The van der Waals surface area contributed by atoms with Gasteiger partial charge in [0, 0.05) is 12.0 Å². The molecule has 0 saturated heterocycles. The zero-order valence-electron chi connectivity index (χ0n) is 11.6. The van der Waals surface area contributed by atoms with Gasteiger partial charge in [-0.15, -0.1) is 11.3 Å². The predicted molar refractivity (Wildman–Crippen MR) is 85.9 cm³/mol. The van der Waals surface area contributed by atoms with Crippen molar-refractivity contribution >= 4 is 33.1 Å². The van der Waals surface area contributed by atoms with Crippen molar-refractivity contribution in [3.8, 4) is 10.7 Å². The second-order valence-electron chi connectivity index (χ2n) is 5.32. The molecule has 102 valence electrons. The lowest BCUT2D eigenvalue weighted by Crippen LogP contribution is -2.17. The Kier molecular flexibility index (Phi) is 4.26. The van der Waals surface area contributed by atoms with Gasteiger partial charge in [0.25, 0.3) is 0 Å². The van der Waals surface area contributed by atoms with Crippen LogP contribution >= 0.6 is 27.3 Å². The third-order valence-electron chi connectivity index (χ3n) is 2.65. The fraction of sp³-hybridized carbons (Fsp3) is 0.429. The molecular formula is C14H18BrN3S. The van der Waals surface area contributed by atoms with Crippen molar-refractivity contribution in [2.75, 3.05) is 11.9 Å². The molecule has 2 heterocycles. The SMILES string of the molecule is CCNc1nc(-c2cccs2)nc(C(C)(C)C)c1Br. The standard InChI is InChI=1S/C14H18BrN3S/c1-5-16-13-10(15)11(14(2,3)4)17-12(18-13)9-7-6-8-19-9/h6-8H,5H2,1-4H3,(H,16,17,18). The number of aromatic nitrogens is 2. The van der Waals surface area contributed by atoms with Gasteiger partial charge in [-0.05, 0) is 34.3 Å². The number of thiophene rings is 1. The molecule has 0 unspecified atom stereocenters. The topological polar surface area (TPSA) is 37.8 Å². The van der Waals surface area contributed by atoms with Gasteiger partial charge in [0.1, 0.15) is 5.82 Å². The predicted octanol–water partition coefficient (Wildman–Crippen LogP) is 4.70. The maximum Gasteiger partial charge on any atom is 0.171 e. The van der Waals surface area contributed by atoms with Crippen molar-refractivity contribution in [1.82, 2.24) is 9.97 Å². The molecule has 0 aliphatic carbocycles. The third-order valence-corrected chi connectivity index (χ3v) is 4.26. The Morgan fingerprint density at radius 3 is 2.58 bits per heavy atom. The fourth-order valence-corrected chi connectivity index (χ4v) is 3.31. The number of halogens is 1. The number of nitrogens with one attached hydrogen (secondary N) is 1. The average Bonchev–Trinajstić information content (AvgIpc) is 2.84. The van der Waals surface area contributed by atoms with Crippen molar-refractivity contribution in [3.05, 3.63) is 27.7 Å². The molecule has 0 amide bonds. The van der Waals surface area contributed by atoms with Crippen molar-refractivity contribution in [1.29, 1.82) is 0 Å². The summed E-state index contributed by atoms with van der Waals surface area (Å²) in [5, 5.41) is 5.34. The lowest BCUT2D eigenvalue weighted by Gasteiger charge is -2.21. The molecule has 0 fully saturated rings. The van der Waals surface area contributed by atoms with Gasteiger partial charge in [0.2, 0.25) is 0 Å². The molecule has 0 aromatic carbocycles. The molecule has 0 aliphatic rings. The molecule has 0 spiro atoms. The minimum Gasteiger partial charge on any atom is -0.369 e. The van der Waals surface area contributed by atoms with E-state index in [1.807, 2.05) is 11.4 Å². The monoisotopic (exact) mass is 339 g/mol. The minimum absolute atomic E-state index is 0.0298. The smallest absolute Gasteiger partial charge is 0.171 e. The Labute approximate surface area is 126 Å². The zero-order valence-corrected chi connectivity index (χ0v) is 14.0. The van der Waals surface area contributed by atoms with Crippen LogP contribution in [0, 0.1) is 0 Å². The molecule has 3 nitrogen and oxygen atoms in total. The van der Waals surface area contributed by atoms with E-state index in [4.69, 9.17) is 4.98 Å². The van der Waals surface area contributed by atoms with E-state index < -0.39 is 0 Å². The summed E-state index contributed by atoms with van der Waals surface area (Å²) in [5.74, 6) is 1.66. The Balaban J connectivity index is 2.61. The van der Waals surface area contributed by atoms with Crippen molar-refractivity contribution in [2.24, 2.45) is 0 Å². The molecule has 0 atom stereocenters. The van der Waals surface area contributed by atoms with Crippen molar-refractivity contribution in [2.45, 2.75) is 33.1 Å². The lowest BCUT2D eigenvalue weighted by molar-refractivity contribution is 0.564. The molecule has 0 aliphatic heterocycles. The fourth-order valence-electron chi connectivity index (χ4n) is 1.74. The van der Waals surface area contributed by atoms with E-state index in [1.54, 1.807) is 11.3 Å². The van der Waals surface area contributed by atoms with E-state index in [0.29, 0.717) is 0 Å². The van der Waals surface area contributed by atoms with Gasteiger partial charge in [0.05, 0.1) is 15.0 Å². The number of hydrogen-bond donors (Lipinski definition) is 1. The van der Waals surface area contributed by atoms with Gasteiger partial charge in [-0.2, -0.15) is 0 Å². The van der Waals surface area contributed by atoms with Crippen LogP contribution in [-0.4, -0.2) is 16.5 Å². The van der Waals surface area contributed by atoms with Crippen LogP contribution in [0.2, 0.25) is 0 Å². The molecular weight excluding hydrogens is 322 g/mol. The summed E-state index contributed by atoms with van der Waals surface area (Å²) in [6.07, 6.45) is 0. The normalized spacial score (nSPS) is 11.6.